The molecule has 22 heavy (non-hydrogen) atoms. The molecule has 1 aromatic carbocycles. The normalized spacial score (nSPS) is 11.3. The molecule has 0 bridgehead atoms. The van der Waals surface area contributed by atoms with Crippen molar-refractivity contribution in [1.29, 1.82) is 0 Å². The van der Waals surface area contributed by atoms with Crippen molar-refractivity contribution >= 4 is 33.5 Å². The van der Waals surface area contributed by atoms with Gasteiger partial charge in [0.05, 0.1) is 0 Å². The van der Waals surface area contributed by atoms with E-state index in [1.54, 1.807) is 19.3 Å². The maximum Gasteiger partial charge on any atom is 0.191 e. The van der Waals surface area contributed by atoms with E-state index in [4.69, 9.17) is 11.6 Å². The van der Waals surface area contributed by atoms with E-state index in [1.807, 2.05) is 18.2 Å². The summed E-state index contributed by atoms with van der Waals surface area (Å²) in [6.45, 7) is 1.51. The van der Waals surface area contributed by atoms with E-state index in [1.165, 1.54) is 5.56 Å². The molecule has 116 valence electrons. The number of nitrogens with zero attached hydrogens (tertiary/aromatic N) is 2. The molecule has 0 saturated carbocycles. The lowest BCUT2D eigenvalue weighted by Gasteiger charge is -2.12. The molecular weight excluding hydrogens is 364 g/mol. The number of rotatable bonds is 5. The molecule has 0 aliphatic carbocycles. The van der Waals surface area contributed by atoms with Gasteiger partial charge in [-0.05, 0) is 35.7 Å². The first-order valence-electron chi connectivity index (χ1n) is 6.97. The number of hydrogen-bond acceptors (Lipinski definition) is 2. The molecule has 2 aromatic rings. The molecule has 0 aliphatic heterocycles. The van der Waals surface area contributed by atoms with Crippen molar-refractivity contribution in [2.24, 2.45) is 4.99 Å². The van der Waals surface area contributed by atoms with Crippen molar-refractivity contribution in [3.8, 4) is 0 Å². The Kier molecular flexibility index (Phi) is 6.68. The van der Waals surface area contributed by atoms with Gasteiger partial charge in [-0.3, -0.25) is 4.99 Å². The zero-order valence-electron chi connectivity index (χ0n) is 12.3. The van der Waals surface area contributed by atoms with Crippen LogP contribution in [0.1, 0.15) is 11.1 Å². The van der Waals surface area contributed by atoms with Crippen LogP contribution in [0.4, 0.5) is 0 Å². The summed E-state index contributed by atoms with van der Waals surface area (Å²) in [5, 5.41) is 7.09. The number of aromatic nitrogens is 1. The SMILES string of the molecule is CN=C(NCCc1ccc(Cl)nc1)NCc1ccc(Br)cc1. The Bertz CT molecular complexity index is 611. The van der Waals surface area contributed by atoms with Gasteiger partial charge in [0.25, 0.3) is 0 Å². The van der Waals surface area contributed by atoms with E-state index in [2.05, 4.69) is 48.7 Å². The second-order valence-electron chi connectivity index (χ2n) is 4.72. The third-order valence-electron chi connectivity index (χ3n) is 3.09. The second kappa shape index (κ2) is 8.76. The first kappa shape index (κ1) is 16.8. The predicted octanol–water partition coefficient (Wildman–Crippen LogP) is 3.41. The van der Waals surface area contributed by atoms with Gasteiger partial charge < -0.3 is 10.6 Å². The fourth-order valence-electron chi connectivity index (χ4n) is 1.89. The van der Waals surface area contributed by atoms with Crippen LogP contribution in [-0.2, 0) is 13.0 Å². The van der Waals surface area contributed by atoms with Crippen molar-refractivity contribution in [3.05, 3.63) is 63.3 Å². The molecule has 2 rings (SSSR count). The quantitative estimate of drug-likeness (QED) is 0.474. The van der Waals surface area contributed by atoms with Crippen LogP contribution in [-0.4, -0.2) is 24.5 Å². The molecule has 0 fully saturated rings. The van der Waals surface area contributed by atoms with Crippen molar-refractivity contribution in [3.63, 3.8) is 0 Å². The Hall–Kier alpha value is -1.59. The van der Waals surface area contributed by atoms with E-state index in [0.29, 0.717) is 5.15 Å². The molecule has 0 unspecified atom stereocenters. The average molecular weight is 382 g/mol. The van der Waals surface area contributed by atoms with Gasteiger partial charge in [0.1, 0.15) is 5.15 Å². The van der Waals surface area contributed by atoms with Crippen LogP contribution in [0.3, 0.4) is 0 Å². The predicted molar refractivity (Wildman–Crippen MR) is 95.3 cm³/mol. The summed E-state index contributed by atoms with van der Waals surface area (Å²) < 4.78 is 1.08. The number of nitrogens with one attached hydrogen (secondary N) is 2. The minimum atomic E-state index is 0.517. The van der Waals surface area contributed by atoms with Gasteiger partial charge in [-0.15, -0.1) is 0 Å². The summed E-state index contributed by atoms with van der Waals surface area (Å²) in [7, 11) is 1.76. The van der Waals surface area contributed by atoms with Gasteiger partial charge in [0, 0.05) is 30.8 Å². The third-order valence-corrected chi connectivity index (χ3v) is 3.84. The zero-order valence-corrected chi connectivity index (χ0v) is 14.7. The number of guanidine groups is 1. The lowest BCUT2D eigenvalue weighted by molar-refractivity contribution is 0.793. The molecule has 6 heteroatoms. The van der Waals surface area contributed by atoms with E-state index < -0.39 is 0 Å². The average Bonchev–Trinajstić information content (AvgIpc) is 2.54. The van der Waals surface area contributed by atoms with Crippen LogP contribution in [0.15, 0.2) is 52.1 Å². The second-order valence-corrected chi connectivity index (χ2v) is 6.02. The Morgan fingerprint density at radius 1 is 1.14 bits per heavy atom. The molecule has 0 amide bonds. The molecule has 0 saturated heterocycles. The highest BCUT2D eigenvalue weighted by atomic mass is 79.9. The molecule has 4 nitrogen and oxygen atoms in total. The monoisotopic (exact) mass is 380 g/mol. The number of pyridine rings is 1. The van der Waals surface area contributed by atoms with E-state index in [0.717, 1.165) is 35.5 Å². The first-order valence-corrected chi connectivity index (χ1v) is 8.14. The number of hydrogen-bond donors (Lipinski definition) is 2. The molecule has 2 N–H and O–H groups in total. The van der Waals surface area contributed by atoms with Gasteiger partial charge >= 0.3 is 0 Å². The highest BCUT2D eigenvalue weighted by Crippen LogP contribution is 2.10. The number of aliphatic imine (C=N–C) groups is 1. The zero-order chi connectivity index (χ0) is 15.8. The Balaban J connectivity index is 1.75. The maximum atomic E-state index is 5.77. The van der Waals surface area contributed by atoms with Crippen LogP contribution >= 0.6 is 27.5 Å². The summed E-state index contributed by atoms with van der Waals surface area (Å²) >= 11 is 9.20. The molecule has 1 heterocycles. The van der Waals surface area contributed by atoms with Crippen LogP contribution in [0.2, 0.25) is 5.15 Å². The lowest BCUT2D eigenvalue weighted by atomic mass is 10.2. The fourth-order valence-corrected chi connectivity index (χ4v) is 2.26. The van der Waals surface area contributed by atoms with Gasteiger partial charge in [-0.2, -0.15) is 0 Å². The Labute approximate surface area is 144 Å². The molecule has 0 atom stereocenters. The first-order chi connectivity index (χ1) is 10.7. The van der Waals surface area contributed by atoms with Gasteiger partial charge in [-0.25, -0.2) is 4.98 Å². The van der Waals surface area contributed by atoms with Crippen LogP contribution < -0.4 is 10.6 Å². The fraction of sp³-hybridized carbons (Fsp3) is 0.250. The van der Waals surface area contributed by atoms with Crippen LogP contribution in [0.5, 0.6) is 0 Å². The van der Waals surface area contributed by atoms with Crippen molar-refractivity contribution in [1.82, 2.24) is 15.6 Å². The minimum absolute atomic E-state index is 0.517. The number of benzene rings is 1. The summed E-state index contributed by atoms with van der Waals surface area (Å²) in [6.07, 6.45) is 2.66. The van der Waals surface area contributed by atoms with Crippen LogP contribution in [0, 0.1) is 0 Å². The number of halogens is 2. The summed E-state index contributed by atoms with van der Waals surface area (Å²) in [6, 6.07) is 12.0. The Morgan fingerprint density at radius 3 is 2.50 bits per heavy atom. The standard InChI is InChI=1S/C16H18BrClN4/c1-19-16(22-11-12-2-5-14(17)6-3-12)20-9-8-13-4-7-15(18)21-10-13/h2-7,10H,8-9,11H2,1H3,(H2,19,20,22). The smallest absolute Gasteiger partial charge is 0.191 e. The van der Waals surface area contributed by atoms with Crippen LogP contribution in [0.25, 0.3) is 0 Å². The summed E-state index contributed by atoms with van der Waals surface area (Å²) in [4.78, 5) is 8.28. The topological polar surface area (TPSA) is 49.3 Å². The molecule has 1 aromatic heterocycles. The van der Waals surface area contributed by atoms with Gasteiger partial charge in [0.15, 0.2) is 5.96 Å². The molecule has 0 aliphatic rings. The summed E-state index contributed by atoms with van der Waals surface area (Å²) in [5.74, 6) is 0.782. The molecule has 0 radical (unpaired) electrons. The maximum absolute atomic E-state index is 5.77. The van der Waals surface area contributed by atoms with Gasteiger partial charge in [0.2, 0.25) is 0 Å². The molecular formula is C16H18BrClN4. The van der Waals surface area contributed by atoms with E-state index in [9.17, 15) is 0 Å². The highest BCUT2D eigenvalue weighted by molar-refractivity contribution is 9.10. The van der Waals surface area contributed by atoms with Crippen molar-refractivity contribution < 1.29 is 0 Å². The third kappa shape index (κ3) is 5.66. The van der Waals surface area contributed by atoms with Crippen molar-refractivity contribution in [2.45, 2.75) is 13.0 Å². The van der Waals surface area contributed by atoms with Crippen molar-refractivity contribution in [2.75, 3.05) is 13.6 Å². The summed E-state index contributed by atoms with van der Waals surface area (Å²) in [5.41, 5.74) is 2.34. The van der Waals surface area contributed by atoms with Gasteiger partial charge in [-0.1, -0.05) is 45.7 Å². The highest BCUT2D eigenvalue weighted by Gasteiger charge is 1.99. The molecule has 0 spiro atoms. The lowest BCUT2D eigenvalue weighted by Crippen LogP contribution is -2.37. The Morgan fingerprint density at radius 2 is 1.86 bits per heavy atom. The largest absolute Gasteiger partial charge is 0.356 e. The van der Waals surface area contributed by atoms with E-state index >= 15 is 0 Å². The minimum Gasteiger partial charge on any atom is -0.356 e. The van der Waals surface area contributed by atoms with E-state index in [-0.39, 0.29) is 0 Å².